The van der Waals surface area contributed by atoms with Gasteiger partial charge in [0, 0.05) is 17.8 Å². The maximum atomic E-state index is 11.8. The second kappa shape index (κ2) is 4.62. The van der Waals surface area contributed by atoms with Crippen molar-refractivity contribution in [1.82, 2.24) is 4.98 Å². The fourth-order valence-corrected chi connectivity index (χ4v) is 1.41. The van der Waals surface area contributed by atoms with E-state index in [1.807, 2.05) is 0 Å². The number of aromatic amines is 1. The van der Waals surface area contributed by atoms with E-state index in [0.717, 1.165) is 12.1 Å². The van der Waals surface area contributed by atoms with Crippen LogP contribution in [0.1, 0.15) is 10.4 Å². The van der Waals surface area contributed by atoms with Gasteiger partial charge in [-0.25, -0.2) is 0 Å². The molecular formula is C12H10N2O4. The van der Waals surface area contributed by atoms with Crippen molar-refractivity contribution >= 4 is 11.6 Å². The summed E-state index contributed by atoms with van der Waals surface area (Å²) in [5.41, 5.74) is -0.0484. The highest BCUT2D eigenvalue weighted by atomic mass is 16.3. The summed E-state index contributed by atoms with van der Waals surface area (Å²) in [6, 6.07) is 8.10. The molecule has 1 aromatic carbocycles. The molecule has 4 N–H and O–H groups in total. The van der Waals surface area contributed by atoms with Gasteiger partial charge in [0.2, 0.25) is 0 Å². The SMILES string of the molecule is O=C(Nc1ccc(O)cc1)c1cc(O)[nH]c(=O)c1. The smallest absolute Gasteiger partial charge is 0.256 e. The molecule has 2 rings (SSSR count). The Morgan fingerprint density at radius 3 is 2.39 bits per heavy atom. The first kappa shape index (κ1) is 11.7. The highest BCUT2D eigenvalue weighted by molar-refractivity contribution is 6.04. The first-order valence-electron chi connectivity index (χ1n) is 5.08. The Labute approximate surface area is 102 Å². The van der Waals surface area contributed by atoms with E-state index < -0.39 is 11.5 Å². The second-order valence-electron chi connectivity index (χ2n) is 3.62. The van der Waals surface area contributed by atoms with Crippen LogP contribution in [0.25, 0.3) is 0 Å². The third kappa shape index (κ3) is 2.67. The average Bonchev–Trinajstić information content (AvgIpc) is 2.31. The van der Waals surface area contributed by atoms with Crippen LogP contribution < -0.4 is 10.9 Å². The lowest BCUT2D eigenvalue weighted by molar-refractivity contribution is 0.102. The molecule has 0 aliphatic carbocycles. The van der Waals surface area contributed by atoms with E-state index in [4.69, 9.17) is 5.11 Å². The number of hydrogen-bond acceptors (Lipinski definition) is 4. The topological polar surface area (TPSA) is 102 Å². The number of anilines is 1. The normalized spacial score (nSPS) is 10.0. The largest absolute Gasteiger partial charge is 0.508 e. The minimum atomic E-state index is -0.564. The molecule has 1 heterocycles. The van der Waals surface area contributed by atoms with Crippen LogP contribution in [-0.2, 0) is 0 Å². The summed E-state index contributed by atoms with van der Waals surface area (Å²) in [6.07, 6.45) is 0. The molecule has 92 valence electrons. The molecular weight excluding hydrogens is 236 g/mol. The van der Waals surface area contributed by atoms with Crippen LogP contribution in [0.3, 0.4) is 0 Å². The number of hydrogen-bond donors (Lipinski definition) is 4. The fourth-order valence-electron chi connectivity index (χ4n) is 1.41. The lowest BCUT2D eigenvalue weighted by Crippen LogP contribution is -2.15. The zero-order valence-electron chi connectivity index (χ0n) is 9.18. The lowest BCUT2D eigenvalue weighted by atomic mass is 10.2. The number of nitrogens with one attached hydrogen (secondary N) is 2. The lowest BCUT2D eigenvalue weighted by Gasteiger charge is -2.05. The maximum absolute atomic E-state index is 11.8. The predicted octanol–water partition coefficient (Wildman–Crippen LogP) is 1.04. The number of phenolic OH excluding ortho intramolecular Hbond substituents is 1. The fraction of sp³-hybridized carbons (Fsp3) is 0. The standard InChI is InChI=1S/C12H10N2O4/c15-9-3-1-8(2-4-9)13-12(18)7-5-10(16)14-11(17)6-7/h1-6,15H,(H,13,18)(H2,14,16,17). The summed E-state index contributed by atoms with van der Waals surface area (Å²) in [5.74, 6) is -0.817. The summed E-state index contributed by atoms with van der Waals surface area (Å²) >= 11 is 0. The molecule has 0 unspecified atom stereocenters. The number of carbonyl (C=O) groups is 1. The molecule has 0 bridgehead atoms. The summed E-state index contributed by atoms with van der Waals surface area (Å²) in [7, 11) is 0. The van der Waals surface area contributed by atoms with E-state index >= 15 is 0 Å². The number of phenols is 1. The van der Waals surface area contributed by atoms with Gasteiger partial charge in [0.1, 0.15) is 5.75 Å². The number of carbonyl (C=O) groups excluding carboxylic acids is 1. The molecule has 6 heteroatoms. The van der Waals surface area contributed by atoms with Crippen LogP contribution in [0.2, 0.25) is 0 Å². The van der Waals surface area contributed by atoms with Crippen molar-refractivity contribution in [3.05, 3.63) is 52.3 Å². The zero-order valence-corrected chi connectivity index (χ0v) is 9.18. The third-order valence-corrected chi connectivity index (χ3v) is 2.22. The number of amides is 1. The Balaban J connectivity index is 2.21. The van der Waals surface area contributed by atoms with Crippen molar-refractivity contribution in [1.29, 1.82) is 0 Å². The molecule has 0 saturated carbocycles. The van der Waals surface area contributed by atoms with Crippen molar-refractivity contribution in [2.75, 3.05) is 5.32 Å². The minimum absolute atomic E-state index is 0.0457. The van der Waals surface area contributed by atoms with E-state index in [1.54, 1.807) is 0 Å². The molecule has 0 fully saturated rings. The van der Waals surface area contributed by atoms with E-state index in [-0.39, 0.29) is 17.2 Å². The van der Waals surface area contributed by atoms with Crippen LogP contribution in [-0.4, -0.2) is 21.1 Å². The maximum Gasteiger partial charge on any atom is 0.256 e. The van der Waals surface area contributed by atoms with Crippen molar-refractivity contribution in [2.45, 2.75) is 0 Å². The van der Waals surface area contributed by atoms with Gasteiger partial charge in [0.05, 0.1) is 5.56 Å². The highest BCUT2D eigenvalue weighted by Gasteiger charge is 2.08. The summed E-state index contributed by atoms with van der Waals surface area (Å²) in [4.78, 5) is 25.0. The monoisotopic (exact) mass is 246 g/mol. The number of aromatic nitrogens is 1. The van der Waals surface area contributed by atoms with Gasteiger partial charge in [0.25, 0.3) is 11.5 Å². The molecule has 6 nitrogen and oxygen atoms in total. The van der Waals surface area contributed by atoms with Gasteiger partial charge in [-0.15, -0.1) is 0 Å². The molecule has 1 amide bonds. The van der Waals surface area contributed by atoms with Crippen LogP contribution in [0.4, 0.5) is 5.69 Å². The van der Waals surface area contributed by atoms with Crippen LogP contribution >= 0.6 is 0 Å². The number of H-pyrrole nitrogens is 1. The molecule has 0 radical (unpaired) electrons. The number of rotatable bonds is 2. The first-order chi connectivity index (χ1) is 8.54. The van der Waals surface area contributed by atoms with Gasteiger partial charge in [-0.2, -0.15) is 0 Å². The Bertz CT molecular complexity index is 631. The predicted molar refractivity (Wildman–Crippen MR) is 64.8 cm³/mol. The third-order valence-electron chi connectivity index (χ3n) is 2.22. The highest BCUT2D eigenvalue weighted by Crippen LogP contribution is 2.15. The van der Waals surface area contributed by atoms with Crippen molar-refractivity contribution in [3.8, 4) is 11.6 Å². The average molecular weight is 246 g/mol. The van der Waals surface area contributed by atoms with Crippen LogP contribution in [0.15, 0.2) is 41.2 Å². The van der Waals surface area contributed by atoms with Crippen molar-refractivity contribution in [3.63, 3.8) is 0 Å². The molecule has 1 aromatic heterocycles. The number of aromatic hydroxyl groups is 2. The first-order valence-corrected chi connectivity index (χ1v) is 5.08. The van der Waals surface area contributed by atoms with Crippen LogP contribution in [0.5, 0.6) is 11.6 Å². The van der Waals surface area contributed by atoms with Gasteiger partial charge in [-0.1, -0.05) is 0 Å². The quantitative estimate of drug-likeness (QED) is 0.594. The summed E-state index contributed by atoms with van der Waals surface area (Å²) < 4.78 is 0. The molecule has 0 aliphatic rings. The molecule has 0 spiro atoms. The number of benzene rings is 1. The van der Waals surface area contributed by atoms with E-state index in [1.165, 1.54) is 24.3 Å². The van der Waals surface area contributed by atoms with Crippen molar-refractivity contribution < 1.29 is 15.0 Å². The molecule has 0 saturated heterocycles. The Kier molecular flexibility index (Phi) is 3.01. The van der Waals surface area contributed by atoms with Crippen molar-refractivity contribution in [2.24, 2.45) is 0 Å². The van der Waals surface area contributed by atoms with E-state index in [9.17, 15) is 14.7 Å². The Morgan fingerprint density at radius 2 is 1.78 bits per heavy atom. The molecule has 0 aliphatic heterocycles. The van der Waals surface area contributed by atoms with Gasteiger partial charge in [-0.3, -0.25) is 14.6 Å². The molecule has 0 atom stereocenters. The molecule has 18 heavy (non-hydrogen) atoms. The summed E-state index contributed by atoms with van der Waals surface area (Å²) in [6.45, 7) is 0. The van der Waals surface area contributed by atoms with Gasteiger partial charge in [-0.05, 0) is 24.3 Å². The zero-order chi connectivity index (χ0) is 13.1. The summed E-state index contributed by atoms with van der Waals surface area (Å²) in [5, 5.41) is 20.8. The Hall–Kier alpha value is -2.76. The van der Waals surface area contributed by atoms with E-state index in [0.29, 0.717) is 5.69 Å². The molecule has 2 aromatic rings. The van der Waals surface area contributed by atoms with Crippen LogP contribution in [0, 0.1) is 0 Å². The van der Waals surface area contributed by atoms with Gasteiger partial charge in [0.15, 0.2) is 5.88 Å². The van der Waals surface area contributed by atoms with E-state index in [2.05, 4.69) is 10.3 Å². The number of pyridine rings is 1. The Morgan fingerprint density at radius 1 is 1.11 bits per heavy atom. The van der Waals surface area contributed by atoms with Gasteiger partial charge < -0.3 is 15.5 Å². The second-order valence-corrected chi connectivity index (χ2v) is 3.62. The van der Waals surface area contributed by atoms with Gasteiger partial charge >= 0.3 is 0 Å². The minimum Gasteiger partial charge on any atom is -0.508 e.